The van der Waals surface area contributed by atoms with E-state index in [2.05, 4.69) is 32.8 Å². The number of hydrogen-bond donors (Lipinski definition) is 1. The molecular weight excluding hydrogens is 336 g/mol. The van der Waals surface area contributed by atoms with Gasteiger partial charge in [0.2, 0.25) is 5.88 Å². The lowest BCUT2D eigenvalue weighted by Crippen LogP contribution is -2.35. The number of carbonyl (C=O) groups excluding carboxylic acids is 1. The maximum atomic E-state index is 12.0. The summed E-state index contributed by atoms with van der Waals surface area (Å²) >= 11 is 3.37. The van der Waals surface area contributed by atoms with Crippen LogP contribution in [0.4, 0.5) is 4.79 Å². The van der Waals surface area contributed by atoms with Crippen molar-refractivity contribution in [2.45, 2.75) is 38.8 Å². The zero-order valence-electron chi connectivity index (χ0n) is 12.8. The molecule has 6 heteroatoms. The van der Waals surface area contributed by atoms with Crippen LogP contribution in [-0.2, 0) is 4.74 Å². The highest BCUT2D eigenvalue weighted by Crippen LogP contribution is 2.28. The van der Waals surface area contributed by atoms with Crippen LogP contribution in [0, 0.1) is 0 Å². The first-order valence-electron chi connectivity index (χ1n) is 6.56. The predicted octanol–water partition coefficient (Wildman–Crippen LogP) is 3.99. The van der Waals surface area contributed by atoms with E-state index in [1.807, 2.05) is 26.8 Å². The molecule has 0 saturated heterocycles. The van der Waals surface area contributed by atoms with Crippen molar-refractivity contribution < 1.29 is 14.3 Å². The minimum atomic E-state index is -0.553. The van der Waals surface area contributed by atoms with Crippen LogP contribution < -0.4 is 10.1 Å². The number of nitrogens with zero attached hydrogens (tertiary/aromatic N) is 1. The summed E-state index contributed by atoms with van der Waals surface area (Å²) in [6.07, 6.45) is 3.41. The van der Waals surface area contributed by atoms with Crippen molar-refractivity contribution in [2.24, 2.45) is 0 Å². The SMILES string of the molecule is C=CCC(NC(=O)OC(C)(C)C)c1cc(Br)cnc1OC. The first kappa shape index (κ1) is 17.5. The molecule has 0 aliphatic carbocycles. The molecule has 1 atom stereocenters. The molecule has 5 nitrogen and oxygen atoms in total. The highest BCUT2D eigenvalue weighted by Gasteiger charge is 2.22. The molecule has 1 aromatic heterocycles. The molecule has 1 amide bonds. The lowest BCUT2D eigenvalue weighted by molar-refractivity contribution is 0.0503. The van der Waals surface area contributed by atoms with Gasteiger partial charge in [0.25, 0.3) is 0 Å². The predicted molar refractivity (Wildman–Crippen MR) is 85.4 cm³/mol. The number of hydrogen-bond acceptors (Lipinski definition) is 4. The number of alkyl carbamates (subject to hydrolysis) is 1. The van der Waals surface area contributed by atoms with E-state index in [9.17, 15) is 4.79 Å². The molecule has 0 aliphatic rings. The zero-order valence-corrected chi connectivity index (χ0v) is 14.4. The van der Waals surface area contributed by atoms with Crippen molar-refractivity contribution in [1.82, 2.24) is 10.3 Å². The average molecular weight is 357 g/mol. The summed E-state index contributed by atoms with van der Waals surface area (Å²) in [5.41, 5.74) is 0.209. The highest BCUT2D eigenvalue weighted by atomic mass is 79.9. The largest absolute Gasteiger partial charge is 0.481 e. The number of nitrogens with one attached hydrogen (secondary N) is 1. The lowest BCUT2D eigenvalue weighted by Gasteiger charge is -2.24. The van der Waals surface area contributed by atoms with E-state index in [1.165, 1.54) is 7.11 Å². The summed E-state index contributed by atoms with van der Waals surface area (Å²) in [6, 6.07) is 1.54. The van der Waals surface area contributed by atoms with Crippen LogP contribution in [0.15, 0.2) is 29.4 Å². The summed E-state index contributed by atoms with van der Waals surface area (Å²) in [5, 5.41) is 2.82. The van der Waals surface area contributed by atoms with Crippen molar-refractivity contribution in [3.63, 3.8) is 0 Å². The number of carbonyl (C=O) groups is 1. The van der Waals surface area contributed by atoms with E-state index in [0.717, 1.165) is 10.0 Å². The molecular formula is C15H21BrN2O3. The second kappa shape index (κ2) is 7.45. The normalized spacial score (nSPS) is 12.4. The van der Waals surface area contributed by atoms with Crippen LogP contribution in [-0.4, -0.2) is 23.8 Å². The fraction of sp³-hybridized carbons (Fsp3) is 0.467. The molecule has 0 aromatic carbocycles. The zero-order chi connectivity index (χ0) is 16.0. The second-order valence-electron chi connectivity index (χ2n) is 5.48. The smallest absolute Gasteiger partial charge is 0.408 e. The van der Waals surface area contributed by atoms with Crippen LogP contribution in [0.3, 0.4) is 0 Å². The summed E-state index contributed by atoms with van der Waals surface area (Å²) in [7, 11) is 1.54. The number of ether oxygens (including phenoxy) is 2. The minimum absolute atomic E-state index is 0.322. The summed E-state index contributed by atoms with van der Waals surface area (Å²) in [4.78, 5) is 16.1. The number of pyridine rings is 1. The third-order valence-corrected chi connectivity index (χ3v) is 2.94. The topological polar surface area (TPSA) is 60.5 Å². The van der Waals surface area contributed by atoms with E-state index in [-0.39, 0.29) is 6.04 Å². The first-order valence-corrected chi connectivity index (χ1v) is 7.36. The van der Waals surface area contributed by atoms with Gasteiger partial charge >= 0.3 is 6.09 Å². The maximum Gasteiger partial charge on any atom is 0.408 e. The Morgan fingerprint density at radius 2 is 2.24 bits per heavy atom. The number of rotatable bonds is 5. The van der Waals surface area contributed by atoms with Gasteiger partial charge in [-0.3, -0.25) is 0 Å². The van der Waals surface area contributed by atoms with Crippen LogP contribution in [0.5, 0.6) is 5.88 Å². The molecule has 1 aromatic rings. The molecule has 1 N–H and O–H groups in total. The molecule has 0 radical (unpaired) electrons. The van der Waals surface area contributed by atoms with Gasteiger partial charge in [-0.1, -0.05) is 6.08 Å². The highest BCUT2D eigenvalue weighted by molar-refractivity contribution is 9.10. The Morgan fingerprint density at radius 1 is 1.57 bits per heavy atom. The lowest BCUT2D eigenvalue weighted by atomic mass is 10.1. The molecule has 116 valence electrons. The van der Waals surface area contributed by atoms with Crippen LogP contribution in [0.2, 0.25) is 0 Å². The molecule has 1 rings (SSSR count). The van der Waals surface area contributed by atoms with Gasteiger partial charge < -0.3 is 14.8 Å². The summed E-state index contributed by atoms with van der Waals surface area (Å²) < 4.78 is 11.3. The third-order valence-electron chi connectivity index (χ3n) is 2.51. The summed E-state index contributed by atoms with van der Waals surface area (Å²) in [5.74, 6) is 0.459. The molecule has 1 heterocycles. The molecule has 0 saturated carbocycles. The molecule has 0 bridgehead atoms. The van der Waals surface area contributed by atoms with Gasteiger partial charge in [0.15, 0.2) is 0 Å². The van der Waals surface area contributed by atoms with Crippen molar-refractivity contribution in [1.29, 1.82) is 0 Å². The van der Waals surface area contributed by atoms with Crippen LogP contribution >= 0.6 is 15.9 Å². The van der Waals surface area contributed by atoms with Crippen molar-refractivity contribution >= 4 is 22.0 Å². The van der Waals surface area contributed by atoms with Crippen LogP contribution in [0.25, 0.3) is 0 Å². The van der Waals surface area contributed by atoms with Crippen LogP contribution in [0.1, 0.15) is 38.8 Å². The number of methoxy groups -OCH3 is 1. The van der Waals surface area contributed by atoms with E-state index in [0.29, 0.717) is 12.3 Å². The van der Waals surface area contributed by atoms with Gasteiger partial charge in [-0.25, -0.2) is 9.78 Å². The Morgan fingerprint density at radius 3 is 2.76 bits per heavy atom. The number of amides is 1. The fourth-order valence-electron chi connectivity index (χ4n) is 1.74. The van der Waals surface area contributed by atoms with Gasteiger partial charge in [-0.05, 0) is 49.2 Å². The molecule has 0 aliphatic heterocycles. The Hall–Kier alpha value is -1.56. The van der Waals surface area contributed by atoms with Crippen molar-refractivity contribution in [2.75, 3.05) is 7.11 Å². The molecule has 0 spiro atoms. The van der Waals surface area contributed by atoms with Gasteiger partial charge in [-0.15, -0.1) is 6.58 Å². The van der Waals surface area contributed by atoms with Crippen molar-refractivity contribution in [3.05, 3.63) is 35.0 Å². The molecule has 0 fully saturated rings. The van der Waals surface area contributed by atoms with E-state index >= 15 is 0 Å². The Balaban J connectivity index is 2.99. The third kappa shape index (κ3) is 5.75. The molecule has 21 heavy (non-hydrogen) atoms. The summed E-state index contributed by atoms with van der Waals surface area (Å²) in [6.45, 7) is 9.17. The van der Waals surface area contributed by atoms with Gasteiger partial charge in [0.1, 0.15) is 5.60 Å². The monoisotopic (exact) mass is 356 g/mol. The van der Waals surface area contributed by atoms with Gasteiger partial charge in [0, 0.05) is 16.2 Å². The number of halogens is 1. The second-order valence-corrected chi connectivity index (χ2v) is 6.39. The first-order chi connectivity index (χ1) is 9.76. The standard InChI is InChI=1S/C15H21BrN2O3/c1-6-7-12(18-14(19)21-15(2,3)4)11-8-10(16)9-17-13(11)20-5/h6,8-9,12H,1,7H2,2-5H3,(H,18,19). The Labute approximate surface area is 133 Å². The van der Waals surface area contributed by atoms with Gasteiger partial charge in [-0.2, -0.15) is 0 Å². The van der Waals surface area contributed by atoms with E-state index in [4.69, 9.17) is 9.47 Å². The fourth-order valence-corrected chi connectivity index (χ4v) is 2.09. The minimum Gasteiger partial charge on any atom is -0.481 e. The van der Waals surface area contributed by atoms with E-state index in [1.54, 1.807) is 12.3 Å². The Bertz CT molecular complexity index is 512. The van der Waals surface area contributed by atoms with Crippen molar-refractivity contribution in [3.8, 4) is 5.88 Å². The quantitative estimate of drug-likeness (QED) is 0.810. The Kier molecular flexibility index (Phi) is 6.20. The molecule has 1 unspecified atom stereocenters. The van der Waals surface area contributed by atoms with Gasteiger partial charge in [0.05, 0.1) is 13.2 Å². The van der Waals surface area contributed by atoms with E-state index < -0.39 is 11.7 Å². The maximum absolute atomic E-state index is 12.0. The number of aromatic nitrogens is 1. The average Bonchev–Trinajstić information content (AvgIpc) is 2.36.